The van der Waals surface area contributed by atoms with Crippen molar-refractivity contribution in [3.05, 3.63) is 81.1 Å². The molecule has 240 valence electrons. The number of aryl methyl sites for hydroxylation is 1. The van der Waals surface area contributed by atoms with Gasteiger partial charge in [-0.05, 0) is 80.6 Å². The fourth-order valence-electron chi connectivity index (χ4n) is 5.44. The second-order valence-corrected chi connectivity index (χ2v) is 13.3. The van der Waals surface area contributed by atoms with Crippen LogP contribution in [-0.4, -0.2) is 75.5 Å². The molecule has 0 saturated carbocycles. The van der Waals surface area contributed by atoms with Gasteiger partial charge in [0.15, 0.2) is 5.82 Å². The summed E-state index contributed by atoms with van der Waals surface area (Å²) in [7, 11) is 0. The molecule has 3 heterocycles. The molecular formula is C33H42ClFN8OS. The zero-order chi connectivity index (χ0) is 31.8. The minimum Gasteiger partial charge on any atom is -0.373 e. The lowest BCUT2D eigenvalue weighted by molar-refractivity contribution is 0.342. The number of halogens is 2. The summed E-state index contributed by atoms with van der Waals surface area (Å²) in [6.07, 6.45) is 5.13. The maximum absolute atomic E-state index is 15.1. The van der Waals surface area contributed by atoms with E-state index >= 15 is 4.39 Å². The number of nitrogens with two attached hydrogens (primary N) is 1. The third-order valence-electron chi connectivity index (χ3n) is 7.91. The van der Waals surface area contributed by atoms with Crippen molar-refractivity contribution in [2.45, 2.75) is 45.2 Å². The maximum atomic E-state index is 15.1. The van der Waals surface area contributed by atoms with Crippen LogP contribution in [0.5, 0.6) is 0 Å². The van der Waals surface area contributed by atoms with Crippen molar-refractivity contribution < 1.29 is 4.39 Å². The lowest BCUT2D eigenvalue weighted by Crippen LogP contribution is -2.41. The maximum Gasteiger partial charge on any atom is 0.354 e. The minimum atomic E-state index is -0.512. The van der Waals surface area contributed by atoms with Crippen molar-refractivity contribution in [1.29, 1.82) is 5.41 Å². The number of thioether (sulfide) groups is 1. The lowest BCUT2D eigenvalue weighted by Gasteiger charge is -2.26. The van der Waals surface area contributed by atoms with Gasteiger partial charge in [0.2, 0.25) is 0 Å². The highest BCUT2D eigenvalue weighted by atomic mass is 35.5. The molecule has 0 unspecified atom stereocenters. The molecule has 0 amide bonds. The number of hydrogen-bond acceptors (Lipinski definition) is 7. The van der Waals surface area contributed by atoms with E-state index in [1.165, 1.54) is 4.57 Å². The highest BCUT2D eigenvalue weighted by Gasteiger charge is 2.16. The zero-order valence-electron chi connectivity index (χ0n) is 25.7. The first-order valence-corrected chi connectivity index (χ1v) is 17.1. The van der Waals surface area contributed by atoms with Gasteiger partial charge in [-0.2, -0.15) is 16.7 Å². The van der Waals surface area contributed by atoms with Crippen LogP contribution < -0.4 is 22.1 Å². The Morgan fingerprint density at radius 3 is 2.69 bits per heavy atom. The molecule has 0 radical (unpaired) electrons. The van der Waals surface area contributed by atoms with Gasteiger partial charge in [-0.1, -0.05) is 23.7 Å². The second kappa shape index (κ2) is 15.9. The van der Waals surface area contributed by atoms with Crippen molar-refractivity contribution in [2.75, 3.05) is 44.2 Å². The van der Waals surface area contributed by atoms with Gasteiger partial charge in [-0.25, -0.2) is 9.18 Å². The van der Waals surface area contributed by atoms with Crippen LogP contribution in [0, 0.1) is 11.2 Å². The highest BCUT2D eigenvalue weighted by molar-refractivity contribution is 7.99. The van der Waals surface area contributed by atoms with E-state index in [9.17, 15) is 4.79 Å². The molecule has 1 aliphatic heterocycles. The van der Waals surface area contributed by atoms with Crippen LogP contribution >= 0.6 is 23.4 Å². The summed E-state index contributed by atoms with van der Waals surface area (Å²) >= 11 is 8.23. The fourth-order valence-corrected chi connectivity index (χ4v) is 6.66. The molecule has 0 spiro atoms. The molecule has 12 heteroatoms. The van der Waals surface area contributed by atoms with Crippen molar-refractivity contribution in [3.63, 3.8) is 0 Å². The van der Waals surface area contributed by atoms with E-state index in [0.29, 0.717) is 46.9 Å². The Kier molecular flexibility index (Phi) is 11.7. The molecule has 5 rings (SSSR count). The molecule has 2 aromatic carbocycles. The van der Waals surface area contributed by atoms with Crippen molar-refractivity contribution in [2.24, 2.45) is 5.73 Å². The molecule has 1 aliphatic rings. The molecule has 1 fully saturated rings. The number of rotatable bonds is 14. The van der Waals surface area contributed by atoms with Crippen molar-refractivity contribution >= 4 is 40.2 Å². The summed E-state index contributed by atoms with van der Waals surface area (Å²) in [5.41, 5.74) is 9.41. The number of H-pyrrole nitrogens is 1. The Morgan fingerprint density at radius 2 is 1.93 bits per heavy atom. The smallest absolute Gasteiger partial charge is 0.354 e. The Bertz CT molecular complexity index is 1650. The number of amidine groups is 1. The van der Waals surface area contributed by atoms with Crippen LogP contribution in [0.4, 0.5) is 4.39 Å². The predicted molar refractivity (Wildman–Crippen MR) is 185 cm³/mol. The monoisotopic (exact) mass is 652 g/mol. The standard InChI is InChI=1S/C33H42ClFN8OS/c1-22(36)4-2-5-24-16-27(31(35)28(34)17-24)29-18-25-20-43(33(44)41-32(25)40-29)26-8-6-23(7-9-26)19-38-10-3-11-39-30(37)21-42-12-14-45-15-13-42/h6-9,16-18,20,22,38H,2-5,10-15,19,21,36H2,1H3,(H2,37,39)(H,40,41,44)/t22-/m0/s1. The molecule has 4 aromatic rings. The van der Waals surface area contributed by atoms with E-state index < -0.39 is 11.5 Å². The molecule has 45 heavy (non-hydrogen) atoms. The molecule has 1 saturated heterocycles. The zero-order valence-corrected chi connectivity index (χ0v) is 27.2. The number of fused-ring (bicyclic) bond motifs is 1. The Balaban J connectivity index is 1.16. The van der Waals surface area contributed by atoms with E-state index in [1.807, 2.05) is 43.0 Å². The fraction of sp³-hybridized carbons (Fsp3) is 0.424. The summed E-state index contributed by atoms with van der Waals surface area (Å²) in [5, 5.41) is 15.6. The second-order valence-electron chi connectivity index (χ2n) is 11.7. The van der Waals surface area contributed by atoms with Gasteiger partial charge in [0.25, 0.3) is 0 Å². The van der Waals surface area contributed by atoms with Gasteiger partial charge < -0.3 is 21.4 Å². The van der Waals surface area contributed by atoms with Gasteiger partial charge in [0.05, 0.1) is 22.9 Å². The first kappa shape index (κ1) is 33.2. The average molecular weight is 653 g/mol. The first-order valence-electron chi connectivity index (χ1n) is 15.5. The van der Waals surface area contributed by atoms with Crippen LogP contribution in [0.2, 0.25) is 5.02 Å². The summed E-state index contributed by atoms with van der Waals surface area (Å²) in [5.74, 6) is 2.38. The number of nitrogens with zero attached hydrogens (tertiary/aromatic N) is 3. The molecule has 0 bridgehead atoms. The summed E-state index contributed by atoms with van der Waals surface area (Å²) in [6, 6.07) is 13.1. The van der Waals surface area contributed by atoms with Crippen molar-refractivity contribution in [3.8, 4) is 16.9 Å². The Labute approximate surface area is 272 Å². The normalized spacial score (nSPS) is 14.6. The minimum absolute atomic E-state index is 0.0591. The number of benzene rings is 2. The summed E-state index contributed by atoms with van der Waals surface area (Å²) in [4.78, 5) is 22.6. The summed E-state index contributed by atoms with van der Waals surface area (Å²) < 4.78 is 16.6. The molecule has 0 aliphatic carbocycles. The highest BCUT2D eigenvalue weighted by Crippen LogP contribution is 2.31. The van der Waals surface area contributed by atoms with Gasteiger partial charge in [-0.15, -0.1) is 0 Å². The molecule has 1 atom stereocenters. The van der Waals surface area contributed by atoms with Crippen molar-refractivity contribution in [1.82, 2.24) is 30.1 Å². The quantitative estimate of drug-likeness (QED) is 0.0742. The van der Waals surface area contributed by atoms with Crippen LogP contribution in [0.1, 0.15) is 37.3 Å². The van der Waals surface area contributed by atoms with E-state index in [1.54, 1.807) is 24.4 Å². The van der Waals surface area contributed by atoms with E-state index in [4.69, 9.17) is 22.7 Å². The Hall–Kier alpha value is -3.22. The number of hydrogen-bond donors (Lipinski definition) is 5. The van der Waals surface area contributed by atoms with Crippen LogP contribution in [0.3, 0.4) is 0 Å². The first-order chi connectivity index (χ1) is 21.8. The molecule has 2 aromatic heterocycles. The van der Waals surface area contributed by atoms with Gasteiger partial charge in [0.1, 0.15) is 11.5 Å². The third kappa shape index (κ3) is 9.17. The van der Waals surface area contributed by atoms with E-state index in [-0.39, 0.29) is 11.1 Å². The molecular weight excluding hydrogens is 611 g/mol. The Morgan fingerprint density at radius 1 is 1.16 bits per heavy atom. The molecule has 9 nitrogen and oxygen atoms in total. The molecule has 6 N–H and O–H groups in total. The largest absolute Gasteiger partial charge is 0.373 e. The topological polar surface area (TPSA) is 128 Å². The van der Waals surface area contributed by atoms with E-state index in [2.05, 4.69) is 25.5 Å². The SMILES string of the molecule is C[C@H](N)CCCc1cc(Cl)c(F)c(-c2cc3cn(-c4ccc(CNCCCNC(=N)CN5CCSCC5)cc4)c(=O)nc3[nH]2)c1. The van der Waals surface area contributed by atoms with Gasteiger partial charge >= 0.3 is 5.69 Å². The average Bonchev–Trinajstić information content (AvgIpc) is 3.43. The number of nitrogens with one attached hydrogen (secondary N) is 4. The summed E-state index contributed by atoms with van der Waals surface area (Å²) in [6.45, 7) is 7.10. The number of aromatic amines is 1. The third-order valence-corrected chi connectivity index (χ3v) is 9.13. The predicted octanol–water partition coefficient (Wildman–Crippen LogP) is 4.94. The number of aromatic nitrogens is 3. The van der Waals surface area contributed by atoms with Gasteiger partial charge in [-0.3, -0.25) is 14.9 Å². The van der Waals surface area contributed by atoms with Crippen LogP contribution in [-0.2, 0) is 13.0 Å². The van der Waals surface area contributed by atoms with Gasteiger partial charge in [0, 0.05) is 60.9 Å². The van der Waals surface area contributed by atoms with E-state index in [0.717, 1.165) is 74.5 Å². The lowest BCUT2D eigenvalue weighted by atomic mass is 10.0. The van der Waals surface area contributed by atoms with Crippen LogP contribution in [0.15, 0.2) is 53.5 Å². The van der Waals surface area contributed by atoms with Crippen LogP contribution in [0.25, 0.3) is 28.0 Å².